The predicted octanol–water partition coefficient (Wildman–Crippen LogP) is 2.03. The van der Waals surface area contributed by atoms with Crippen molar-refractivity contribution in [1.82, 2.24) is 0 Å². The molecule has 0 aromatic heterocycles. The Kier molecular flexibility index (Phi) is 4.17. The van der Waals surface area contributed by atoms with E-state index in [-0.39, 0.29) is 30.2 Å². The summed E-state index contributed by atoms with van der Waals surface area (Å²) in [7, 11) is 0. The first-order valence-electron chi connectivity index (χ1n) is 6.55. The van der Waals surface area contributed by atoms with Crippen molar-refractivity contribution in [3.05, 3.63) is 29.8 Å². The zero-order valence-corrected chi connectivity index (χ0v) is 11.5. The van der Waals surface area contributed by atoms with Gasteiger partial charge in [-0.15, -0.1) is 0 Å². The van der Waals surface area contributed by atoms with Gasteiger partial charge in [0, 0.05) is 18.2 Å². The number of rotatable bonds is 5. The van der Waals surface area contributed by atoms with Crippen molar-refractivity contribution in [3.63, 3.8) is 0 Å². The highest BCUT2D eigenvalue weighted by molar-refractivity contribution is 5.98. The molecule has 1 aliphatic rings. The van der Waals surface area contributed by atoms with Crippen LogP contribution >= 0.6 is 0 Å². The number of Topliss-reactive ketones (excluding diaryl/α,β-unsaturated/α-hetero) is 1. The van der Waals surface area contributed by atoms with E-state index in [0.717, 1.165) is 6.42 Å². The second-order valence-corrected chi connectivity index (χ2v) is 5.11. The Hall–Kier alpha value is -2.17. The third-order valence-electron chi connectivity index (χ3n) is 3.28. The van der Waals surface area contributed by atoms with Crippen molar-refractivity contribution in [2.24, 2.45) is 11.8 Å². The monoisotopic (exact) mass is 275 g/mol. The second-order valence-electron chi connectivity index (χ2n) is 5.11. The van der Waals surface area contributed by atoms with E-state index in [1.807, 2.05) is 6.92 Å². The van der Waals surface area contributed by atoms with Crippen LogP contribution in [0.25, 0.3) is 0 Å². The highest BCUT2D eigenvalue weighted by Gasteiger charge is 2.40. The molecule has 1 aliphatic carbocycles. The highest BCUT2D eigenvalue weighted by Crippen LogP contribution is 2.38. The van der Waals surface area contributed by atoms with Crippen molar-refractivity contribution in [1.29, 1.82) is 0 Å². The van der Waals surface area contributed by atoms with E-state index in [0.29, 0.717) is 17.2 Å². The summed E-state index contributed by atoms with van der Waals surface area (Å²) in [6.07, 6.45) is 0.846. The van der Waals surface area contributed by atoms with Crippen molar-refractivity contribution in [2.75, 3.05) is 11.9 Å². The maximum absolute atomic E-state index is 11.8. The van der Waals surface area contributed by atoms with Gasteiger partial charge in [-0.25, -0.2) is 0 Å². The lowest BCUT2D eigenvalue weighted by molar-refractivity contribution is -0.144. The predicted molar refractivity (Wildman–Crippen MR) is 73.3 cm³/mol. The normalized spacial score (nSPS) is 20.1. The molecule has 1 aromatic carbocycles. The SMILES string of the molecule is CC(=O)Nc1ccc(C(=O)COC(=O)[C@H]2C[C@H]2C)cc1. The minimum absolute atomic E-state index is 0.0371. The summed E-state index contributed by atoms with van der Waals surface area (Å²) in [6, 6.07) is 6.47. The molecule has 0 spiro atoms. The fourth-order valence-electron chi connectivity index (χ4n) is 1.92. The molecule has 5 heteroatoms. The average molecular weight is 275 g/mol. The third kappa shape index (κ3) is 3.66. The van der Waals surface area contributed by atoms with Crippen molar-refractivity contribution in [2.45, 2.75) is 20.3 Å². The third-order valence-corrected chi connectivity index (χ3v) is 3.28. The van der Waals surface area contributed by atoms with Crippen molar-refractivity contribution in [3.8, 4) is 0 Å². The molecule has 0 bridgehead atoms. The van der Waals surface area contributed by atoms with Gasteiger partial charge >= 0.3 is 5.97 Å². The first kappa shape index (κ1) is 14.2. The van der Waals surface area contributed by atoms with Crippen LogP contribution in [-0.4, -0.2) is 24.3 Å². The Morgan fingerprint density at radius 1 is 1.25 bits per heavy atom. The van der Waals surface area contributed by atoms with E-state index in [2.05, 4.69) is 5.32 Å². The van der Waals surface area contributed by atoms with Crippen LogP contribution in [0.2, 0.25) is 0 Å². The van der Waals surface area contributed by atoms with Gasteiger partial charge in [-0.2, -0.15) is 0 Å². The Labute approximate surface area is 117 Å². The summed E-state index contributed by atoms with van der Waals surface area (Å²) in [5, 5.41) is 2.61. The van der Waals surface area contributed by atoms with Crippen molar-refractivity contribution >= 4 is 23.3 Å². The first-order valence-corrected chi connectivity index (χ1v) is 6.55. The summed E-state index contributed by atoms with van der Waals surface area (Å²) in [5.74, 6) is -0.377. The molecular formula is C15H17NO4. The van der Waals surface area contributed by atoms with Gasteiger partial charge in [-0.3, -0.25) is 14.4 Å². The molecule has 5 nitrogen and oxygen atoms in total. The molecule has 0 saturated heterocycles. The first-order chi connectivity index (χ1) is 9.47. The lowest BCUT2D eigenvalue weighted by Crippen LogP contribution is -2.15. The van der Waals surface area contributed by atoms with E-state index in [1.165, 1.54) is 6.92 Å². The topological polar surface area (TPSA) is 72.5 Å². The smallest absolute Gasteiger partial charge is 0.309 e. The molecule has 1 aromatic rings. The number of anilines is 1. The van der Waals surface area contributed by atoms with Gasteiger partial charge in [-0.1, -0.05) is 6.92 Å². The van der Waals surface area contributed by atoms with Crippen LogP contribution in [0.5, 0.6) is 0 Å². The second kappa shape index (κ2) is 5.86. The highest BCUT2D eigenvalue weighted by atomic mass is 16.5. The number of ketones is 1. The van der Waals surface area contributed by atoms with Gasteiger partial charge in [0.25, 0.3) is 0 Å². The number of nitrogens with one attached hydrogen (secondary N) is 1. The molecule has 106 valence electrons. The van der Waals surface area contributed by atoms with Gasteiger partial charge in [0.2, 0.25) is 5.91 Å². The van der Waals surface area contributed by atoms with Crippen LogP contribution in [0.3, 0.4) is 0 Å². The summed E-state index contributed by atoms with van der Waals surface area (Å²) in [5.41, 5.74) is 1.08. The average Bonchev–Trinajstić information content (AvgIpc) is 3.13. The Bertz CT molecular complexity index is 535. The number of carbonyl (C=O) groups is 3. The number of carbonyl (C=O) groups excluding carboxylic acids is 3. The molecule has 1 N–H and O–H groups in total. The summed E-state index contributed by atoms with van der Waals surface area (Å²) < 4.78 is 4.99. The van der Waals surface area contributed by atoms with E-state index >= 15 is 0 Å². The quantitative estimate of drug-likeness (QED) is 0.659. The number of amides is 1. The summed E-state index contributed by atoms with van der Waals surface area (Å²) in [4.78, 5) is 34.2. The summed E-state index contributed by atoms with van der Waals surface area (Å²) in [6.45, 7) is 3.16. The zero-order valence-electron chi connectivity index (χ0n) is 11.5. The van der Waals surface area contributed by atoms with Crippen LogP contribution in [0.1, 0.15) is 30.6 Å². The molecule has 0 radical (unpaired) electrons. The van der Waals surface area contributed by atoms with E-state index < -0.39 is 0 Å². The number of ether oxygens (including phenoxy) is 1. The van der Waals surface area contributed by atoms with Crippen LogP contribution in [0.15, 0.2) is 24.3 Å². The van der Waals surface area contributed by atoms with Gasteiger partial charge in [0.15, 0.2) is 12.4 Å². The Morgan fingerprint density at radius 2 is 1.85 bits per heavy atom. The molecular weight excluding hydrogens is 258 g/mol. The summed E-state index contributed by atoms with van der Waals surface area (Å²) >= 11 is 0. The fourth-order valence-corrected chi connectivity index (χ4v) is 1.92. The fraction of sp³-hybridized carbons (Fsp3) is 0.400. The molecule has 0 heterocycles. The van der Waals surface area contributed by atoms with Crippen LogP contribution < -0.4 is 5.32 Å². The minimum Gasteiger partial charge on any atom is -0.457 e. The lowest BCUT2D eigenvalue weighted by Gasteiger charge is -2.05. The Balaban J connectivity index is 1.85. The zero-order chi connectivity index (χ0) is 14.7. The van der Waals surface area contributed by atoms with E-state index in [4.69, 9.17) is 4.74 Å². The lowest BCUT2D eigenvalue weighted by atomic mass is 10.1. The van der Waals surface area contributed by atoms with Gasteiger partial charge in [0.1, 0.15) is 0 Å². The largest absolute Gasteiger partial charge is 0.457 e. The van der Waals surface area contributed by atoms with Crippen molar-refractivity contribution < 1.29 is 19.1 Å². The maximum atomic E-state index is 11.8. The molecule has 1 fully saturated rings. The molecule has 0 unspecified atom stereocenters. The standard InChI is InChI=1S/C15H17NO4/c1-9-7-13(9)15(19)20-8-14(18)11-3-5-12(6-4-11)16-10(2)17/h3-6,9,13H,7-8H2,1-2H3,(H,16,17)/t9-,13+/m1/s1. The van der Waals surface area contributed by atoms with Crippen LogP contribution in [-0.2, 0) is 14.3 Å². The van der Waals surface area contributed by atoms with Gasteiger partial charge in [0.05, 0.1) is 5.92 Å². The number of hydrogen-bond donors (Lipinski definition) is 1. The number of benzene rings is 1. The van der Waals surface area contributed by atoms with Gasteiger partial charge < -0.3 is 10.1 Å². The Morgan fingerprint density at radius 3 is 2.35 bits per heavy atom. The van der Waals surface area contributed by atoms with E-state index in [9.17, 15) is 14.4 Å². The molecule has 2 atom stereocenters. The molecule has 0 aliphatic heterocycles. The molecule has 2 rings (SSSR count). The van der Waals surface area contributed by atoms with Crippen LogP contribution in [0.4, 0.5) is 5.69 Å². The molecule has 20 heavy (non-hydrogen) atoms. The molecule has 1 saturated carbocycles. The maximum Gasteiger partial charge on any atom is 0.309 e. The molecule has 1 amide bonds. The van der Waals surface area contributed by atoms with Gasteiger partial charge in [-0.05, 0) is 36.6 Å². The number of esters is 1. The minimum atomic E-state index is -0.291. The van der Waals surface area contributed by atoms with Crippen LogP contribution in [0, 0.1) is 11.8 Å². The van der Waals surface area contributed by atoms with E-state index in [1.54, 1.807) is 24.3 Å². The number of hydrogen-bond acceptors (Lipinski definition) is 4.